The molecule has 0 N–H and O–H groups in total. The molecule has 70 heavy (non-hydrogen) atoms. The molecule has 0 radical (unpaired) electrons. The van der Waals surface area contributed by atoms with E-state index in [1.54, 1.807) is 0 Å². The molecule has 0 spiro atoms. The standard InChI is InChI=1S/C68H51NSi/c1-8-22-53(23-9-1)59-46-60(54-24-10-2-11-25-54)49-64(48-59)69(65-50-61(55-26-12-3-13-27-55)47-62(51-65)56-28-14-4-15-29-56)63-42-40-58(41-43-63)57-38-36-52(37-39-57)44-45-70(66-30-16-5-17-31-66,67-32-18-6-19-33-67)68-34-20-7-21-35-68/h1-51H. The second-order valence-corrected chi connectivity index (χ2v) is 21.4. The van der Waals surface area contributed by atoms with Crippen LogP contribution in [0, 0.1) is 0 Å². The lowest BCUT2D eigenvalue weighted by atomic mass is 9.95. The molecule has 0 aliphatic carbocycles. The maximum atomic E-state index is 2.51. The summed E-state index contributed by atoms with van der Waals surface area (Å²) in [5.41, 5.74) is 18.6. The third kappa shape index (κ3) is 9.25. The Morgan fingerprint density at radius 3 is 0.814 bits per heavy atom. The van der Waals surface area contributed by atoms with E-state index in [1.165, 1.54) is 48.9 Å². The average Bonchev–Trinajstić information content (AvgIpc) is 3.45. The summed E-state index contributed by atoms with van der Waals surface area (Å²) in [7, 11) is -2.53. The molecule has 0 heterocycles. The monoisotopic (exact) mass is 909 g/mol. The first-order chi connectivity index (χ1) is 34.7. The summed E-state index contributed by atoms with van der Waals surface area (Å²) in [6.45, 7) is 0. The minimum atomic E-state index is -2.53. The summed E-state index contributed by atoms with van der Waals surface area (Å²) in [5.74, 6) is 0. The Bertz CT molecular complexity index is 3130. The average molecular weight is 910 g/mol. The minimum absolute atomic E-state index is 1.07. The van der Waals surface area contributed by atoms with Gasteiger partial charge in [-0.25, -0.2) is 0 Å². The van der Waals surface area contributed by atoms with E-state index in [-0.39, 0.29) is 0 Å². The Morgan fingerprint density at radius 1 is 0.229 bits per heavy atom. The maximum absolute atomic E-state index is 2.53. The van der Waals surface area contributed by atoms with Crippen LogP contribution in [0.5, 0.6) is 0 Å². The zero-order chi connectivity index (χ0) is 47.0. The molecule has 0 amide bonds. The van der Waals surface area contributed by atoms with Gasteiger partial charge in [-0.2, -0.15) is 0 Å². The second kappa shape index (κ2) is 20.2. The van der Waals surface area contributed by atoms with Crippen LogP contribution in [0.15, 0.2) is 303 Å². The van der Waals surface area contributed by atoms with Crippen molar-refractivity contribution < 1.29 is 0 Å². The quantitative estimate of drug-likeness (QED) is 0.0823. The van der Waals surface area contributed by atoms with Crippen LogP contribution < -0.4 is 20.5 Å². The normalized spacial score (nSPS) is 11.4. The second-order valence-electron chi connectivity index (χ2n) is 17.7. The fraction of sp³-hybridized carbons (Fsp3) is 0. The smallest absolute Gasteiger partial charge is 0.172 e. The van der Waals surface area contributed by atoms with Gasteiger partial charge in [-0.15, -0.1) is 0 Å². The van der Waals surface area contributed by atoms with Crippen LogP contribution in [-0.2, 0) is 0 Å². The molecule has 0 aliphatic heterocycles. The molecule has 11 rings (SSSR count). The van der Waals surface area contributed by atoms with Crippen molar-refractivity contribution in [1.29, 1.82) is 0 Å². The van der Waals surface area contributed by atoms with E-state index in [1.807, 2.05) is 0 Å². The van der Waals surface area contributed by atoms with Gasteiger partial charge < -0.3 is 4.90 Å². The van der Waals surface area contributed by atoms with E-state index < -0.39 is 8.07 Å². The highest BCUT2D eigenvalue weighted by Crippen LogP contribution is 2.43. The van der Waals surface area contributed by atoms with Crippen LogP contribution in [0.4, 0.5) is 17.1 Å². The topological polar surface area (TPSA) is 3.24 Å². The number of nitrogens with zero attached hydrogens (tertiary/aromatic N) is 1. The van der Waals surface area contributed by atoms with Crippen molar-refractivity contribution >= 4 is 46.8 Å². The molecule has 11 aromatic rings. The first-order valence-corrected chi connectivity index (χ1v) is 26.1. The number of hydrogen-bond donors (Lipinski definition) is 0. The van der Waals surface area contributed by atoms with Crippen molar-refractivity contribution in [2.45, 2.75) is 0 Å². The molecule has 0 aliphatic rings. The fourth-order valence-electron chi connectivity index (χ4n) is 9.82. The largest absolute Gasteiger partial charge is 0.310 e. The van der Waals surface area contributed by atoms with Crippen LogP contribution in [0.25, 0.3) is 61.7 Å². The molecule has 0 unspecified atom stereocenters. The molecule has 11 aromatic carbocycles. The molecule has 332 valence electrons. The van der Waals surface area contributed by atoms with Gasteiger partial charge in [-0.05, 0) is 125 Å². The fourth-order valence-corrected chi connectivity index (χ4v) is 14.0. The Morgan fingerprint density at radius 2 is 0.500 bits per heavy atom. The zero-order valence-electron chi connectivity index (χ0n) is 38.9. The summed E-state index contributed by atoms with van der Waals surface area (Å²) in [6.07, 6.45) is 2.34. The van der Waals surface area contributed by atoms with E-state index in [0.29, 0.717) is 0 Å². The summed E-state index contributed by atoms with van der Waals surface area (Å²) >= 11 is 0. The van der Waals surface area contributed by atoms with E-state index in [9.17, 15) is 0 Å². The molecule has 0 atom stereocenters. The minimum Gasteiger partial charge on any atom is -0.310 e. The first kappa shape index (κ1) is 43.7. The molecule has 0 bridgehead atoms. The predicted molar refractivity (Wildman–Crippen MR) is 301 cm³/mol. The predicted octanol–water partition coefficient (Wildman–Crippen LogP) is 16.2. The van der Waals surface area contributed by atoms with Gasteiger partial charge in [0.25, 0.3) is 0 Å². The third-order valence-electron chi connectivity index (χ3n) is 13.4. The summed E-state index contributed by atoms with van der Waals surface area (Å²) < 4.78 is 0. The van der Waals surface area contributed by atoms with Crippen LogP contribution in [0.2, 0.25) is 0 Å². The lowest BCUT2D eigenvalue weighted by Gasteiger charge is -2.30. The van der Waals surface area contributed by atoms with Gasteiger partial charge in [-0.3, -0.25) is 0 Å². The number of hydrogen-bond acceptors (Lipinski definition) is 1. The van der Waals surface area contributed by atoms with Crippen molar-refractivity contribution in [2.75, 3.05) is 4.90 Å². The van der Waals surface area contributed by atoms with Crippen LogP contribution in [-0.4, -0.2) is 8.07 Å². The van der Waals surface area contributed by atoms with E-state index in [4.69, 9.17) is 0 Å². The van der Waals surface area contributed by atoms with Gasteiger partial charge in [-0.1, -0.05) is 260 Å². The lowest BCUT2D eigenvalue weighted by molar-refractivity contribution is 1.28. The van der Waals surface area contributed by atoms with Gasteiger partial charge in [0.05, 0.1) is 0 Å². The Hall–Kier alpha value is -8.82. The summed E-state index contributed by atoms with van der Waals surface area (Å²) in [4.78, 5) is 2.43. The molecule has 1 nitrogen and oxygen atoms in total. The highest BCUT2D eigenvalue weighted by Gasteiger charge is 2.36. The molecule has 0 aromatic heterocycles. The van der Waals surface area contributed by atoms with Crippen LogP contribution in [0.3, 0.4) is 0 Å². The number of benzene rings is 11. The third-order valence-corrected chi connectivity index (χ3v) is 17.8. The van der Waals surface area contributed by atoms with E-state index >= 15 is 0 Å². The van der Waals surface area contributed by atoms with E-state index in [2.05, 4.69) is 314 Å². The van der Waals surface area contributed by atoms with Crippen molar-refractivity contribution in [3.63, 3.8) is 0 Å². The van der Waals surface area contributed by atoms with Crippen LogP contribution >= 0.6 is 0 Å². The van der Waals surface area contributed by atoms with Crippen molar-refractivity contribution in [1.82, 2.24) is 0 Å². The molecule has 0 saturated carbocycles. The Kier molecular flexibility index (Phi) is 12.6. The van der Waals surface area contributed by atoms with Gasteiger partial charge in [0, 0.05) is 17.1 Å². The van der Waals surface area contributed by atoms with Gasteiger partial charge in [0.15, 0.2) is 8.07 Å². The van der Waals surface area contributed by atoms with Gasteiger partial charge >= 0.3 is 0 Å². The highest BCUT2D eigenvalue weighted by atomic mass is 28.3. The Balaban J connectivity index is 1.01. The molecular formula is C68H51NSi. The van der Waals surface area contributed by atoms with Crippen LogP contribution in [0.1, 0.15) is 5.56 Å². The van der Waals surface area contributed by atoms with Crippen molar-refractivity contribution in [3.8, 4) is 55.6 Å². The molecule has 0 fully saturated rings. The Labute approximate surface area is 413 Å². The molecular weight excluding hydrogens is 859 g/mol. The number of anilines is 3. The number of rotatable bonds is 13. The molecule has 0 saturated heterocycles. The zero-order valence-corrected chi connectivity index (χ0v) is 39.9. The van der Waals surface area contributed by atoms with Crippen molar-refractivity contribution in [3.05, 3.63) is 309 Å². The highest BCUT2D eigenvalue weighted by molar-refractivity contribution is 7.15. The van der Waals surface area contributed by atoms with E-state index in [0.717, 1.165) is 44.9 Å². The van der Waals surface area contributed by atoms with Gasteiger partial charge in [0.1, 0.15) is 0 Å². The summed E-state index contributed by atoms with van der Waals surface area (Å²) in [6, 6.07) is 108. The maximum Gasteiger partial charge on any atom is 0.172 e. The lowest BCUT2D eigenvalue weighted by Crippen LogP contribution is -2.66. The first-order valence-electron chi connectivity index (χ1n) is 24.1. The molecule has 2 heteroatoms. The van der Waals surface area contributed by atoms with Gasteiger partial charge in [0.2, 0.25) is 0 Å². The summed E-state index contributed by atoms with van der Waals surface area (Å²) in [5, 5.41) is 4.08. The van der Waals surface area contributed by atoms with Crippen molar-refractivity contribution in [2.24, 2.45) is 0 Å². The SMILES string of the molecule is C(=C[Si](c1ccccc1)(c1ccccc1)c1ccccc1)c1ccc(-c2ccc(N(c3cc(-c4ccccc4)cc(-c4ccccc4)c3)c3cc(-c4ccccc4)cc(-c4ccccc4)c3)cc2)cc1.